The number of carboxylic acids is 2. The van der Waals surface area contributed by atoms with Gasteiger partial charge in [-0.3, -0.25) is 0 Å². The molecular weight excluding hydrogens is 318 g/mol. The number of benzene rings is 1. The lowest BCUT2D eigenvalue weighted by molar-refractivity contribution is -0.159. The maximum Gasteiger partial charge on any atom is 0.414 e. The minimum absolute atomic E-state index is 0.329. The van der Waals surface area contributed by atoms with Gasteiger partial charge in [0.25, 0.3) is 0 Å². The van der Waals surface area contributed by atoms with Gasteiger partial charge in [0.1, 0.15) is 5.76 Å². The highest BCUT2D eigenvalue weighted by Crippen LogP contribution is 2.32. The van der Waals surface area contributed by atoms with Crippen molar-refractivity contribution < 1.29 is 33.7 Å². The molecule has 0 atom stereocenters. The van der Waals surface area contributed by atoms with E-state index in [1.165, 1.54) is 5.56 Å². The van der Waals surface area contributed by atoms with E-state index in [0.717, 1.165) is 36.8 Å². The molecule has 1 aromatic carbocycles. The minimum Gasteiger partial charge on any atom is -0.473 e. The Hall–Kier alpha value is -3.00. The number of fused-ring (bicyclic) bond motifs is 1. The molecule has 8 nitrogen and oxygen atoms in total. The second-order valence-electron chi connectivity index (χ2n) is 4.80. The molecule has 1 aliphatic heterocycles. The van der Waals surface area contributed by atoms with E-state index in [1.54, 1.807) is 6.26 Å². The van der Waals surface area contributed by atoms with Crippen molar-refractivity contribution in [1.82, 2.24) is 5.32 Å². The van der Waals surface area contributed by atoms with Crippen molar-refractivity contribution in [1.29, 1.82) is 0 Å². The number of nitrogens with one attached hydrogen (secondary N) is 1. The van der Waals surface area contributed by atoms with E-state index >= 15 is 0 Å². The molecule has 0 bridgehead atoms. The van der Waals surface area contributed by atoms with Crippen LogP contribution in [-0.4, -0.2) is 35.5 Å². The summed E-state index contributed by atoms with van der Waals surface area (Å²) in [5.41, 5.74) is 1.24. The van der Waals surface area contributed by atoms with E-state index in [4.69, 9.17) is 33.7 Å². The molecule has 1 aromatic heterocycles. The highest BCUT2D eigenvalue weighted by molar-refractivity contribution is 6.27. The smallest absolute Gasteiger partial charge is 0.414 e. The summed E-state index contributed by atoms with van der Waals surface area (Å²) in [5, 5.41) is 18.1. The van der Waals surface area contributed by atoms with Gasteiger partial charge >= 0.3 is 11.9 Å². The Morgan fingerprint density at radius 2 is 1.83 bits per heavy atom. The number of rotatable bonds is 5. The normalized spacial score (nSPS) is 11.5. The summed E-state index contributed by atoms with van der Waals surface area (Å²) in [7, 11) is 0. The van der Waals surface area contributed by atoms with Crippen molar-refractivity contribution in [3.05, 3.63) is 47.9 Å². The molecule has 0 unspecified atom stereocenters. The van der Waals surface area contributed by atoms with Crippen molar-refractivity contribution in [3.8, 4) is 11.5 Å². The van der Waals surface area contributed by atoms with Crippen LogP contribution in [-0.2, 0) is 22.6 Å². The number of furan rings is 1. The minimum atomic E-state index is -1.82. The van der Waals surface area contributed by atoms with E-state index in [0.29, 0.717) is 6.79 Å². The van der Waals surface area contributed by atoms with Gasteiger partial charge in [0.2, 0.25) is 6.79 Å². The van der Waals surface area contributed by atoms with Crippen LogP contribution in [0.4, 0.5) is 0 Å². The Balaban J connectivity index is 0.000000301. The van der Waals surface area contributed by atoms with E-state index in [-0.39, 0.29) is 0 Å². The van der Waals surface area contributed by atoms with Crippen molar-refractivity contribution in [2.45, 2.75) is 13.0 Å². The van der Waals surface area contributed by atoms with Gasteiger partial charge in [-0.05, 0) is 42.8 Å². The number of hydrogen-bond donors (Lipinski definition) is 3. The number of ether oxygens (including phenoxy) is 2. The zero-order chi connectivity index (χ0) is 17.4. The molecule has 2 aromatic rings. The first-order valence-corrected chi connectivity index (χ1v) is 7.14. The van der Waals surface area contributed by atoms with Crippen LogP contribution in [0.5, 0.6) is 11.5 Å². The van der Waals surface area contributed by atoms with Crippen LogP contribution in [0.15, 0.2) is 41.0 Å². The molecule has 3 rings (SSSR count). The molecule has 0 spiro atoms. The summed E-state index contributed by atoms with van der Waals surface area (Å²) in [6.07, 6.45) is 2.65. The molecule has 2 heterocycles. The van der Waals surface area contributed by atoms with Crippen LogP contribution in [0, 0.1) is 0 Å². The van der Waals surface area contributed by atoms with E-state index in [1.807, 2.05) is 24.3 Å². The molecule has 0 amide bonds. The summed E-state index contributed by atoms with van der Waals surface area (Å²) >= 11 is 0. The van der Waals surface area contributed by atoms with Crippen molar-refractivity contribution >= 4 is 11.9 Å². The second kappa shape index (κ2) is 8.59. The van der Waals surface area contributed by atoms with Gasteiger partial charge in [0.15, 0.2) is 11.5 Å². The lowest BCUT2D eigenvalue weighted by Crippen LogP contribution is -2.16. The summed E-state index contributed by atoms with van der Waals surface area (Å²) in [6.45, 7) is 1.99. The standard InChI is InChI=1S/C14H15NO3.C2H2O4/c1-2-12(16-7-1)9-15-6-5-11-3-4-13-14(8-11)18-10-17-13;3-1(4)2(5)6/h1-4,7-8,15H,5-6,9-10H2;(H,3,4)(H,5,6). The third-order valence-corrected chi connectivity index (χ3v) is 3.09. The average Bonchev–Trinajstić information content (AvgIpc) is 3.23. The SMILES string of the molecule is O=C(O)C(=O)O.c1coc(CNCCc2ccc3c(c2)OCO3)c1. The van der Waals surface area contributed by atoms with Gasteiger partial charge in [-0.15, -0.1) is 0 Å². The summed E-state index contributed by atoms with van der Waals surface area (Å²) < 4.78 is 15.9. The molecule has 24 heavy (non-hydrogen) atoms. The lowest BCUT2D eigenvalue weighted by atomic mass is 10.1. The Morgan fingerprint density at radius 3 is 2.50 bits per heavy atom. The molecule has 1 aliphatic rings. The first-order chi connectivity index (χ1) is 11.6. The zero-order valence-corrected chi connectivity index (χ0v) is 12.7. The van der Waals surface area contributed by atoms with Crippen LogP contribution < -0.4 is 14.8 Å². The summed E-state index contributed by atoms with van der Waals surface area (Å²) in [4.78, 5) is 18.2. The Morgan fingerprint density at radius 1 is 1.08 bits per heavy atom. The quantitative estimate of drug-likeness (QED) is 0.556. The van der Waals surface area contributed by atoms with Gasteiger partial charge in [-0.1, -0.05) is 6.07 Å². The monoisotopic (exact) mass is 335 g/mol. The van der Waals surface area contributed by atoms with Crippen molar-refractivity contribution in [2.24, 2.45) is 0 Å². The highest BCUT2D eigenvalue weighted by atomic mass is 16.7. The lowest BCUT2D eigenvalue weighted by Gasteiger charge is -2.04. The van der Waals surface area contributed by atoms with Crippen LogP contribution in [0.3, 0.4) is 0 Å². The van der Waals surface area contributed by atoms with Gasteiger partial charge in [-0.25, -0.2) is 9.59 Å². The number of carboxylic acid groups (broad SMARTS) is 2. The van der Waals surface area contributed by atoms with E-state index < -0.39 is 11.9 Å². The first kappa shape index (κ1) is 17.4. The van der Waals surface area contributed by atoms with Crippen LogP contribution in [0.25, 0.3) is 0 Å². The Kier molecular flexibility index (Phi) is 6.21. The van der Waals surface area contributed by atoms with E-state index in [9.17, 15) is 0 Å². The first-order valence-electron chi connectivity index (χ1n) is 7.14. The average molecular weight is 335 g/mol. The summed E-state index contributed by atoms with van der Waals surface area (Å²) in [5.74, 6) is -1.01. The third kappa shape index (κ3) is 5.33. The molecule has 0 fully saturated rings. The predicted molar refractivity (Wildman–Crippen MR) is 82.0 cm³/mol. The molecule has 0 saturated heterocycles. The second-order valence-corrected chi connectivity index (χ2v) is 4.80. The molecule has 0 saturated carbocycles. The van der Waals surface area contributed by atoms with Crippen molar-refractivity contribution in [2.75, 3.05) is 13.3 Å². The molecule has 3 N–H and O–H groups in total. The van der Waals surface area contributed by atoms with E-state index in [2.05, 4.69) is 11.4 Å². The Labute approximate surface area is 137 Å². The fourth-order valence-corrected chi connectivity index (χ4v) is 1.95. The number of hydrogen-bond acceptors (Lipinski definition) is 6. The highest BCUT2D eigenvalue weighted by Gasteiger charge is 2.12. The van der Waals surface area contributed by atoms with Crippen LogP contribution in [0.1, 0.15) is 11.3 Å². The van der Waals surface area contributed by atoms with Gasteiger partial charge in [0.05, 0.1) is 12.8 Å². The Bertz CT molecular complexity index is 670. The molecule has 128 valence electrons. The zero-order valence-electron chi connectivity index (χ0n) is 12.7. The fraction of sp³-hybridized carbons (Fsp3) is 0.250. The molecule has 8 heteroatoms. The van der Waals surface area contributed by atoms with Crippen LogP contribution in [0.2, 0.25) is 0 Å². The number of aliphatic carboxylic acids is 2. The van der Waals surface area contributed by atoms with Gasteiger partial charge in [0, 0.05) is 0 Å². The fourth-order valence-electron chi connectivity index (χ4n) is 1.95. The third-order valence-electron chi connectivity index (χ3n) is 3.09. The summed E-state index contributed by atoms with van der Waals surface area (Å²) in [6, 6.07) is 9.94. The topological polar surface area (TPSA) is 118 Å². The van der Waals surface area contributed by atoms with Crippen molar-refractivity contribution in [3.63, 3.8) is 0 Å². The molecular formula is C16H17NO7. The van der Waals surface area contributed by atoms with Crippen LogP contribution >= 0.6 is 0 Å². The molecule has 0 radical (unpaired) electrons. The maximum absolute atomic E-state index is 9.10. The maximum atomic E-state index is 9.10. The predicted octanol–water partition coefficient (Wildman–Crippen LogP) is 1.50. The van der Waals surface area contributed by atoms with Gasteiger partial charge in [-0.2, -0.15) is 0 Å². The van der Waals surface area contributed by atoms with Gasteiger partial charge < -0.3 is 29.4 Å². The molecule has 0 aliphatic carbocycles. The largest absolute Gasteiger partial charge is 0.473 e. The number of carbonyl (C=O) groups is 2.